The number of ether oxygens (including phenoxy) is 1. The summed E-state index contributed by atoms with van der Waals surface area (Å²) in [6, 6.07) is 0. The first-order valence-corrected chi connectivity index (χ1v) is 3.30. The minimum absolute atomic E-state index is 0.545. The van der Waals surface area contributed by atoms with Crippen molar-refractivity contribution in [2.45, 2.75) is 0 Å². The Kier molecular flexibility index (Phi) is 2.49. The number of hydrogen-bond acceptors (Lipinski definition) is 3. The average Bonchev–Trinajstić information content (AvgIpc) is 2.47. The van der Waals surface area contributed by atoms with E-state index < -0.39 is 5.97 Å². The molecule has 1 aromatic rings. The van der Waals surface area contributed by atoms with Crippen LogP contribution in [-0.4, -0.2) is 22.6 Å². The quantitative estimate of drug-likeness (QED) is 0.398. The van der Waals surface area contributed by atoms with E-state index in [1.807, 2.05) is 0 Å². The van der Waals surface area contributed by atoms with Gasteiger partial charge in [-0.25, -0.2) is 9.78 Å². The predicted molar refractivity (Wildman–Crippen MR) is 42.1 cm³/mol. The number of carbonyl (C=O) groups is 1. The number of imidazole rings is 1. The van der Waals surface area contributed by atoms with Crippen LogP contribution in [0, 0.1) is 11.8 Å². The molecule has 0 spiro atoms. The van der Waals surface area contributed by atoms with Crippen molar-refractivity contribution in [3.8, 4) is 11.8 Å². The van der Waals surface area contributed by atoms with Crippen molar-refractivity contribution < 1.29 is 9.53 Å². The second-order valence-corrected chi connectivity index (χ2v) is 2.13. The van der Waals surface area contributed by atoms with Crippen LogP contribution in [0.15, 0.2) is 12.5 Å². The van der Waals surface area contributed by atoms with Gasteiger partial charge in [-0.05, 0) is 5.92 Å². The van der Waals surface area contributed by atoms with Crippen molar-refractivity contribution in [3.63, 3.8) is 0 Å². The second kappa shape index (κ2) is 3.58. The Bertz CT molecular complexity index is 343. The Balaban J connectivity index is 2.79. The lowest BCUT2D eigenvalue weighted by Gasteiger charge is -1.89. The first-order chi connectivity index (χ1) is 5.74. The van der Waals surface area contributed by atoms with E-state index in [1.54, 1.807) is 24.1 Å². The van der Waals surface area contributed by atoms with Gasteiger partial charge in [-0.15, -0.1) is 0 Å². The molecule has 0 saturated heterocycles. The summed E-state index contributed by atoms with van der Waals surface area (Å²) in [7, 11) is 3.09. The van der Waals surface area contributed by atoms with Crippen molar-refractivity contribution in [1.29, 1.82) is 0 Å². The molecule has 0 aliphatic heterocycles. The summed E-state index contributed by atoms with van der Waals surface area (Å²) in [5, 5.41) is 0. The normalized spacial score (nSPS) is 8.50. The fourth-order valence-corrected chi connectivity index (χ4v) is 0.644. The number of esters is 1. The highest BCUT2D eigenvalue weighted by Crippen LogP contribution is 1.91. The molecule has 0 amide bonds. The van der Waals surface area contributed by atoms with Gasteiger partial charge in [0.1, 0.15) is 5.69 Å². The molecular weight excluding hydrogens is 156 g/mol. The largest absolute Gasteiger partial charge is 0.459 e. The molecule has 0 saturated carbocycles. The Morgan fingerprint density at radius 2 is 2.50 bits per heavy atom. The zero-order valence-corrected chi connectivity index (χ0v) is 6.87. The first kappa shape index (κ1) is 8.34. The van der Waals surface area contributed by atoms with Crippen LogP contribution in [0.25, 0.3) is 0 Å². The highest BCUT2D eigenvalue weighted by atomic mass is 16.5. The molecule has 62 valence electrons. The maximum absolute atomic E-state index is 10.6. The molecule has 0 fully saturated rings. The zero-order chi connectivity index (χ0) is 8.97. The maximum Gasteiger partial charge on any atom is 0.384 e. The molecule has 0 unspecified atom stereocenters. The molecule has 1 aromatic heterocycles. The molecule has 1 heterocycles. The molecule has 0 aromatic carbocycles. The summed E-state index contributed by atoms with van der Waals surface area (Å²) in [6.07, 6.45) is 3.19. The van der Waals surface area contributed by atoms with Crippen molar-refractivity contribution in [3.05, 3.63) is 18.2 Å². The first-order valence-electron chi connectivity index (χ1n) is 3.30. The van der Waals surface area contributed by atoms with Gasteiger partial charge in [0.25, 0.3) is 0 Å². The van der Waals surface area contributed by atoms with E-state index in [4.69, 9.17) is 0 Å². The van der Waals surface area contributed by atoms with Gasteiger partial charge in [0, 0.05) is 13.0 Å². The molecule has 0 aliphatic carbocycles. The van der Waals surface area contributed by atoms with Crippen LogP contribution in [-0.2, 0) is 16.6 Å². The summed E-state index contributed by atoms with van der Waals surface area (Å²) in [5.41, 5.74) is 0.681. The van der Waals surface area contributed by atoms with E-state index in [0.717, 1.165) is 0 Å². The lowest BCUT2D eigenvalue weighted by molar-refractivity contribution is -0.133. The third-order valence-electron chi connectivity index (χ3n) is 1.29. The van der Waals surface area contributed by atoms with E-state index in [9.17, 15) is 4.79 Å². The summed E-state index contributed by atoms with van der Waals surface area (Å²) in [5.74, 6) is 4.38. The highest BCUT2D eigenvalue weighted by Gasteiger charge is 1.93. The summed E-state index contributed by atoms with van der Waals surface area (Å²) in [4.78, 5) is 14.4. The molecule has 4 nitrogen and oxygen atoms in total. The van der Waals surface area contributed by atoms with Crippen molar-refractivity contribution in [1.82, 2.24) is 9.55 Å². The molecule has 12 heavy (non-hydrogen) atoms. The monoisotopic (exact) mass is 164 g/mol. The highest BCUT2D eigenvalue weighted by molar-refractivity contribution is 5.88. The van der Waals surface area contributed by atoms with Gasteiger partial charge in [0.15, 0.2) is 0 Å². The standard InChI is InChI=1S/C8H8N2O2/c1-10-6-9-5-7(10)3-4-8(11)12-2/h5-6H,1-2H3. The van der Waals surface area contributed by atoms with Crippen molar-refractivity contribution in [2.75, 3.05) is 7.11 Å². The van der Waals surface area contributed by atoms with Crippen LogP contribution in [0.5, 0.6) is 0 Å². The fourth-order valence-electron chi connectivity index (χ4n) is 0.644. The minimum Gasteiger partial charge on any atom is -0.459 e. The van der Waals surface area contributed by atoms with Gasteiger partial charge >= 0.3 is 5.97 Å². The van der Waals surface area contributed by atoms with Crippen LogP contribution >= 0.6 is 0 Å². The molecule has 4 heteroatoms. The van der Waals surface area contributed by atoms with E-state index in [-0.39, 0.29) is 0 Å². The summed E-state index contributed by atoms with van der Waals surface area (Å²) >= 11 is 0. The maximum atomic E-state index is 10.6. The second-order valence-electron chi connectivity index (χ2n) is 2.13. The van der Waals surface area contributed by atoms with Crippen LogP contribution in [0.2, 0.25) is 0 Å². The zero-order valence-electron chi connectivity index (χ0n) is 6.87. The Hall–Kier alpha value is -1.76. The number of aryl methyl sites for hydroxylation is 1. The Morgan fingerprint density at radius 3 is 3.00 bits per heavy atom. The smallest absolute Gasteiger partial charge is 0.384 e. The minimum atomic E-state index is -0.545. The van der Waals surface area contributed by atoms with Crippen LogP contribution in [0.3, 0.4) is 0 Å². The van der Waals surface area contributed by atoms with Crippen molar-refractivity contribution >= 4 is 5.97 Å². The van der Waals surface area contributed by atoms with Crippen LogP contribution < -0.4 is 0 Å². The van der Waals surface area contributed by atoms with E-state index in [1.165, 1.54) is 7.11 Å². The lowest BCUT2D eigenvalue weighted by atomic mass is 10.4. The number of hydrogen-bond donors (Lipinski definition) is 0. The number of methoxy groups -OCH3 is 1. The van der Waals surface area contributed by atoms with Crippen LogP contribution in [0.1, 0.15) is 5.69 Å². The number of rotatable bonds is 0. The topological polar surface area (TPSA) is 44.1 Å². The van der Waals surface area contributed by atoms with Crippen molar-refractivity contribution in [2.24, 2.45) is 7.05 Å². The lowest BCUT2D eigenvalue weighted by Crippen LogP contribution is -1.95. The molecule has 0 N–H and O–H groups in total. The fraction of sp³-hybridized carbons (Fsp3) is 0.250. The number of nitrogens with zero attached hydrogens (tertiary/aromatic N) is 2. The van der Waals surface area contributed by atoms with Gasteiger partial charge in [0.2, 0.25) is 0 Å². The van der Waals surface area contributed by atoms with E-state index in [2.05, 4.69) is 21.6 Å². The molecule has 0 aliphatic rings. The molecular formula is C8H8N2O2. The average molecular weight is 164 g/mol. The third kappa shape index (κ3) is 1.86. The molecule has 0 atom stereocenters. The van der Waals surface area contributed by atoms with Gasteiger partial charge in [-0.1, -0.05) is 0 Å². The number of carbonyl (C=O) groups excluding carboxylic acids is 1. The summed E-state index contributed by atoms with van der Waals surface area (Å²) < 4.78 is 6.06. The van der Waals surface area contributed by atoms with Gasteiger partial charge in [-0.3, -0.25) is 0 Å². The van der Waals surface area contributed by atoms with Crippen LogP contribution in [0.4, 0.5) is 0 Å². The third-order valence-corrected chi connectivity index (χ3v) is 1.29. The Morgan fingerprint density at radius 1 is 1.75 bits per heavy atom. The van der Waals surface area contributed by atoms with Gasteiger partial charge in [-0.2, -0.15) is 0 Å². The molecule has 0 radical (unpaired) electrons. The SMILES string of the molecule is COC(=O)C#Cc1cncn1C. The number of aromatic nitrogens is 2. The van der Waals surface area contributed by atoms with Gasteiger partial charge < -0.3 is 9.30 Å². The van der Waals surface area contributed by atoms with Gasteiger partial charge in [0.05, 0.1) is 19.6 Å². The molecule has 1 rings (SSSR count). The molecule has 0 bridgehead atoms. The predicted octanol–water partition coefficient (Wildman–Crippen LogP) is -0.0554. The van der Waals surface area contributed by atoms with E-state index in [0.29, 0.717) is 5.69 Å². The summed E-state index contributed by atoms with van der Waals surface area (Å²) in [6.45, 7) is 0. The van der Waals surface area contributed by atoms with E-state index >= 15 is 0 Å². The Labute approximate surface area is 70.2 Å².